The molecule has 6 heteroatoms. The molecule has 0 aliphatic rings. The lowest BCUT2D eigenvalue weighted by molar-refractivity contribution is -0.139. The third-order valence-electron chi connectivity index (χ3n) is 4.13. The summed E-state index contributed by atoms with van der Waals surface area (Å²) in [5, 5.41) is 21.0. The Balaban J connectivity index is 1.69. The Bertz CT molecular complexity index is 942. The van der Waals surface area contributed by atoms with E-state index in [1.165, 1.54) is 11.8 Å². The lowest BCUT2D eigenvalue weighted by atomic mass is 10.1. The third kappa shape index (κ3) is 5.18. The molecule has 0 aliphatic heterocycles. The van der Waals surface area contributed by atoms with Gasteiger partial charge in [-0.3, -0.25) is 0 Å². The highest BCUT2D eigenvalue weighted by molar-refractivity contribution is 7.99. The van der Waals surface area contributed by atoms with Gasteiger partial charge in [0.15, 0.2) is 6.61 Å². The second-order valence-corrected chi connectivity index (χ2v) is 7.40. The van der Waals surface area contributed by atoms with Crippen molar-refractivity contribution in [2.45, 2.75) is 17.9 Å². The SMILES string of the molecule is Cc1ccc2c(SCC(O)COc3ccccc3)cccc2c1OCC(=O)O. The van der Waals surface area contributed by atoms with Gasteiger partial charge in [0.25, 0.3) is 0 Å². The number of ether oxygens (including phenoxy) is 2. The number of rotatable bonds is 9. The van der Waals surface area contributed by atoms with E-state index in [0.29, 0.717) is 11.5 Å². The van der Waals surface area contributed by atoms with Gasteiger partial charge in [-0.1, -0.05) is 42.5 Å². The molecule has 0 bridgehead atoms. The predicted octanol–water partition coefficient (Wildman–Crippen LogP) is 4.14. The summed E-state index contributed by atoms with van der Waals surface area (Å²) in [4.78, 5) is 11.9. The average molecular weight is 398 g/mol. The molecule has 0 fully saturated rings. The number of carboxylic acids is 1. The summed E-state index contributed by atoms with van der Waals surface area (Å²) in [6.07, 6.45) is -0.617. The Labute approximate surface area is 167 Å². The van der Waals surface area contributed by atoms with Crippen LogP contribution >= 0.6 is 11.8 Å². The fourth-order valence-electron chi connectivity index (χ4n) is 2.80. The number of carboxylic acid groups (broad SMARTS) is 1. The molecule has 28 heavy (non-hydrogen) atoms. The van der Waals surface area contributed by atoms with E-state index in [4.69, 9.17) is 14.6 Å². The number of thioether (sulfide) groups is 1. The third-order valence-corrected chi connectivity index (χ3v) is 5.34. The molecular formula is C22H22O5S. The van der Waals surface area contributed by atoms with E-state index in [9.17, 15) is 9.90 Å². The number of aryl methyl sites for hydroxylation is 1. The molecule has 146 valence electrons. The smallest absolute Gasteiger partial charge is 0.341 e. The zero-order valence-electron chi connectivity index (χ0n) is 15.5. The van der Waals surface area contributed by atoms with Crippen molar-refractivity contribution < 1.29 is 24.5 Å². The minimum Gasteiger partial charge on any atom is -0.491 e. The van der Waals surface area contributed by atoms with Crippen LogP contribution in [-0.2, 0) is 4.79 Å². The standard InChI is InChI=1S/C22H22O5S/c1-15-10-11-18-19(22(15)27-13-21(24)25)8-5-9-20(18)28-14-16(23)12-26-17-6-3-2-4-7-17/h2-11,16,23H,12-14H2,1H3,(H,24,25). The van der Waals surface area contributed by atoms with E-state index in [-0.39, 0.29) is 13.2 Å². The van der Waals surface area contributed by atoms with Gasteiger partial charge in [-0.2, -0.15) is 0 Å². The molecule has 0 radical (unpaired) electrons. The summed E-state index contributed by atoms with van der Waals surface area (Å²) >= 11 is 1.53. The summed E-state index contributed by atoms with van der Waals surface area (Å²) in [6, 6.07) is 19.1. The van der Waals surface area contributed by atoms with E-state index in [0.717, 1.165) is 27.0 Å². The van der Waals surface area contributed by atoms with Gasteiger partial charge in [0, 0.05) is 16.0 Å². The van der Waals surface area contributed by atoms with Crippen molar-refractivity contribution in [2.75, 3.05) is 19.0 Å². The van der Waals surface area contributed by atoms with Crippen LogP contribution in [0.3, 0.4) is 0 Å². The highest BCUT2D eigenvalue weighted by atomic mass is 32.2. The van der Waals surface area contributed by atoms with Gasteiger partial charge in [0.1, 0.15) is 18.1 Å². The number of fused-ring (bicyclic) bond motifs is 1. The van der Waals surface area contributed by atoms with Crippen LogP contribution in [0.1, 0.15) is 5.56 Å². The van der Waals surface area contributed by atoms with Crippen LogP contribution in [0.15, 0.2) is 65.6 Å². The largest absolute Gasteiger partial charge is 0.491 e. The molecule has 3 rings (SSSR count). The summed E-state index contributed by atoms with van der Waals surface area (Å²) < 4.78 is 11.1. The summed E-state index contributed by atoms with van der Waals surface area (Å²) in [5.74, 6) is 0.775. The number of benzene rings is 3. The topological polar surface area (TPSA) is 76.0 Å². The average Bonchev–Trinajstić information content (AvgIpc) is 2.70. The first-order valence-electron chi connectivity index (χ1n) is 8.90. The summed E-state index contributed by atoms with van der Waals surface area (Å²) in [7, 11) is 0. The van der Waals surface area contributed by atoms with E-state index < -0.39 is 12.1 Å². The zero-order chi connectivity index (χ0) is 19.9. The molecule has 0 saturated heterocycles. The fourth-order valence-corrected chi connectivity index (χ4v) is 3.78. The number of hydrogen-bond acceptors (Lipinski definition) is 5. The van der Waals surface area contributed by atoms with E-state index >= 15 is 0 Å². The highest BCUT2D eigenvalue weighted by Gasteiger charge is 2.13. The first kappa shape index (κ1) is 20.0. The normalized spacial score (nSPS) is 11.9. The Morgan fingerprint density at radius 1 is 1.00 bits per heavy atom. The molecule has 0 aromatic heterocycles. The molecule has 3 aromatic rings. The van der Waals surface area contributed by atoms with Gasteiger partial charge in [-0.15, -0.1) is 11.8 Å². The van der Waals surface area contributed by atoms with Crippen molar-refractivity contribution in [2.24, 2.45) is 0 Å². The maximum atomic E-state index is 10.9. The lowest BCUT2D eigenvalue weighted by Gasteiger charge is -2.15. The highest BCUT2D eigenvalue weighted by Crippen LogP contribution is 2.35. The molecule has 0 heterocycles. The Morgan fingerprint density at radius 2 is 1.79 bits per heavy atom. The van der Waals surface area contributed by atoms with E-state index in [1.807, 2.05) is 67.6 Å². The van der Waals surface area contributed by atoms with Gasteiger partial charge in [-0.05, 0) is 36.1 Å². The first-order valence-corrected chi connectivity index (χ1v) is 9.89. The Hall–Kier alpha value is -2.70. The van der Waals surface area contributed by atoms with Crippen LogP contribution in [0.4, 0.5) is 0 Å². The maximum Gasteiger partial charge on any atom is 0.341 e. The van der Waals surface area contributed by atoms with Crippen LogP contribution in [0, 0.1) is 6.92 Å². The minimum atomic E-state index is -1.01. The molecule has 3 aromatic carbocycles. The van der Waals surface area contributed by atoms with Gasteiger partial charge in [0.2, 0.25) is 0 Å². The molecule has 1 unspecified atom stereocenters. The second kappa shape index (κ2) is 9.48. The summed E-state index contributed by atoms with van der Waals surface area (Å²) in [6.45, 7) is 1.72. The first-order chi connectivity index (χ1) is 13.5. The van der Waals surface area contributed by atoms with Gasteiger partial charge >= 0.3 is 5.97 Å². The number of aliphatic hydroxyl groups is 1. The number of para-hydroxylation sites is 1. The predicted molar refractivity (Wildman–Crippen MR) is 110 cm³/mol. The van der Waals surface area contributed by atoms with E-state index in [1.54, 1.807) is 0 Å². The minimum absolute atomic E-state index is 0.216. The number of aliphatic hydroxyl groups excluding tert-OH is 1. The molecule has 0 amide bonds. The fraction of sp³-hybridized carbons (Fsp3) is 0.227. The monoisotopic (exact) mass is 398 g/mol. The van der Waals surface area contributed by atoms with Crippen molar-refractivity contribution >= 4 is 28.5 Å². The molecule has 0 aliphatic carbocycles. The van der Waals surface area contributed by atoms with E-state index in [2.05, 4.69) is 0 Å². The van der Waals surface area contributed by atoms with Crippen LogP contribution in [0.5, 0.6) is 11.5 Å². The van der Waals surface area contributed by atoms with Crippen LogP contribution < -0.4 is 9.47 Å². The molecule has 0 saturated carbocycles. The van der Waals surface area contributed by atoms with Gasteiger partial charge in [0.05, 0.1) is 6.10 Å². The maximum absolute atomic E-state index is 10.9. The number of aliphatic carboxylic acids is 1. The van der Waals surface area contributed by atoms with Crippen molar-refractivity contribution in [1.29, 1.82) is 0 Å². The molecule has 5 nitrogen and oxygen atoms in total. The quantitative estimate of drug-likeness (QED) is 0.528. The Kier molecular flexibility index (Phi) is 6.79. The van der Waals surface area contributed by atoms with Crippen molar-refractivity contribution in [3.8, 4) is 11.5 Å². The number of hydrogen-bond donors (Lipinski definition) is 2. The number of carbonyl (C=O) groups is 1. The molecule has 0 spiro atoms. The van der Waals surface area contributed by atoms with Crippen LogP contribution in [0.2, 0.25) is 0 Å². The van der Waals surface area contributed by atoms with Gasteiger partial charge in [-0.25, -0.2) is 4.79 Å². The molecular weight excluding hydrogens is 376 g/mol. The van der Waals surface area contributed by atoms with Crippen molar-refractivity contribution in [3.63, 3.8) is 0 Å². The van der Waals surface area contributed by atoms with Crippen LogP contribution in [-0.4, -0.2) is 41.3 Å². The second-order valence-electron chi connectivity index (χ2n) is 6.33. The Morgan fingerprint density at radius 3 is 2.54 bits per heavy atom. The molecule has 2 N–H and O–H groups in total. The van der Waals surface area contributed by atoms with Crippen molar-refractivity contribution in [1.82, 2.24) is 0 Å². The van der Waals surface area contributed by atoms with Crippen LogP contribution in [0.25, 0.3) is 10.8 Å². The zero-order valence-corrected chi connectivity index (χ0v) is 16.3. The van der Waals surface area contributed by atoms with Crippen molar-refractivity contribution in [3.05, 3.63) is 66.2 Å². The summed E-state index contributed by atoms with van der Waals surface area (Å²) in [5.41, 5.74) is 0.882. The van der Waals surface area contributed by atoms with Gasteiger partial charge < -0.3 is 19.7 Å². The lowest BCUT2D eigenvalue weighted by Crippen LogP contribution is -2.20. The molecule has 1 atom stereocenters.